The first-order valence-corrected chi connectivity index (χ1v) is 10.3. The second-order valence-corrected chi connectivity index (χ2v) is 7.99. The number of carbonyl (C=O) groups excluding carboxylic acids is 1. The van der Waals surface area contributed by atoms with Gasteiger partial charge in [-0.3, -0.25) is 9.69 Å². The van der Waals surface area contributed by atoms with Crippen molar-refractivity contribution < 1.29 is 9.18 Å². The van der Waals surface area contributed by atoms with Gasteiger partial charge in [-0.2, -0.15) is 0 Å². The Bertz CT molecular complexity index is 966. The molecule has 6 heteroatoms. The van der Waals surface area contributed by atoms with Gasteiger partial charge in [0.05, 0.1) is 17.6 Å². The third-order valence-corrected chi connectivity index (χ3v) is 5.66. The number of piperidine rings is 1. The van der Waals surface area contributed by atoms with Gasteiger partial charge in [-0.25, -0.2) is 9.37 Å². The standard InChI is InChI=1S/C23H27FN4O/c1-16-13-18(24)9-10-19(16)27-23(29)11-8-17-5-4-12-28(14-17)15-22-25-20-6-2-3-7-21(20)26-22/h2-3,6-7,9-10,13,17H,4-5,8,11-12,14-15H2,1H3,(H,25,26)(H,27,29). The molecule has 1 aliphatic heterocycles. The molecule has 1 fully saturated rings. The number of hydrogen-bond donors (Lipinski definition) is 2. The molecule has 1 unspecified atom stereocenters. The van der Waals surface area contributed by atoms with E-state index in [-0.39, 0.29) is 11.7 Å². The Morgan fingerprint density at radius 2 is 2.17 bits per heavy atom. The minimum Gasteiger partial charge on any atom is -0.341 e. The van der Waals surface area contributed by atoms with E-state index in [0.29, 0.717) is 18.0 Å². The van der Waals surface area contributed by atoms with Crippen LogP contribution in [-0.2, 0) is 11.3 Å². The lowest BCUT2D eigenvalue weighted by atomic mass is 9.93. The Morgan fingerprint density at radius 1 is 1.31 bits per heavy atom. The van der Waals surface area contributed by atoms with Crippen LogP contribution in [0.15, 0.2) is 42.5 Å². The quantitative estimate of drug-likeness (QED) is 0.640. The summed E-state index contributed by atoms with van der Waals surface area (Å²) in [5, 5.41) is 2.91. The van der Waals surface area contributed by atoms with Crippen LogP contribution in [-0.4, -0.2) is 33.9 Å². The van der Waals surface area contributed by atoms with Crippen LogP contribution in [0.3, 0.4) is 0 Å². The van der Waals surface area contributed by atoms with Crippen molar-refractivity contribution in [1.29, 1.82) is 0 Å². The Hall–Kier alpha value is -2.73. The molecule has 0 saturated carbocycles. The van der Waals surface area contributed by atoms with Crippen molar-refractivity contribution in [3.8, 4) is 0 Å². The van der Waals surface area contributed by atoms with Crippen molar-refractivity contribution >= 4 is 22.6 Å². The minimum absolute atomic E-state index is 0.00545. The first kappa shape index (κ1) is 19.6. The van der Waals surface area contributed by atoms with E-state index in [1.54, 1.807) is 13.0 Å². The molecule has 1 saturated heterocycles. The molecule has 0 spiro atoms. The molecule has 1 atom stereocenters. The van der Waals surface area contributed by atoms with Gasteiger partial charge in [0.25, 0.3) is 0 Å². The molecule has 0 aliphatic carbocycles. The van der Waals surface area contributed by atoms with Gasteiger partial charge in [0.1, 0.15) is 11.6 Å². The molecule has 1 aliphatic rings. The van der Waals surface area contributed by atoms with Crippen molar-refractivity contribution in [2.24, 2.45) is 5.92 Å². The molecule has 2 aromatic carbocycles. The normalized spacial score (nSPS) is 17.5. The summed E-state index contributed by atoms with van der Waals surface area (Å²) in [6, 6.07) is 12.5. The highest BCUT2D eigenvalue weighted by Gasteiger charge is 2.21. The number of rotatable bonds is 6. The Kier molecular flexibility index (Phi) is 5.90. The van der Waals surface area contributed by atoms with Crippen molar-refractivity contribution in [3.63, 3.8) is 0 Å². The summed E-state index contributed by atoms with van der Waals surface area (Å²) in [4.78, 5) is 22.8. The molecule has 0 bridgehead atoms. The number of para-hydroxylation sites is 2. The predicted octanol–water partition coefficient (Wildman–Crippen LogP) is 4.64. The lowest BCUT2D eigenvalue weighted by Crippen LogP contribution is -2.35. The van der Waals surface area contributed by atoms with Gasteiger partial charge in [-0.05, 0) is 74.5 Å². The lowest BCUT2D eigenvalue weighted by molar-refractivity contribution is -0.116. The zero-order valence-electron chi connectivity index (χ0n) is 16.7. The van der Waals surface area contributed by atoms with E-state index in [9.17, 15) is 9.18 Å². The van der Waals surface area contributed by atoms with Crippen molar-refractivity contribution in [2.45, 2.75) is 39.2 Å². The summed E-state index contributed by atoms with van der Waals surface area (Å²) < 4.78 is 13.2. The number of hydrogen-bond acceptors (Lipinski definition) is 3. The van der Waals surface area contributed by atoms with Crippen molar-refractivity contribution in [2.75, 3.05) is 18.4 Å². The van der Waals surface area contributed by atoms with Gasteiger partial charge in [0, 0.05) is 18.7 Å². The molecule has 4 rings (SSSR count). The predicted molar refractivity (Wildman–Crippen MR) is 113 cm³/mol. The topological polar surface area (TPSA) is 61.0 Å². The molecular formula is C23H27FN4O. The average molecular weight is 394 g/mol. The molecule has 3 aromatic rings. The van der Waals surface area contributed by atoms with Gasteiger partial charge < -0.3 is 10.3 Å². The van der Waals surface area contributed by atoms with Crippen LogP contribution in [0.4, 0.5) is 10.1 Å². The van der Waals surface area contributed by atoms with E-state index >= 15 is 0 Å². The number of anilines is 1. The number of amides is 1. The monoisotopic (exact) mass is 394 g/mol. The number of fused-ring (bicyclic) bond motifs is 1. The minimum atomic E-state index is -0.285. The number of aryl methyl sites for hydroxylation is 1. The van der Waals surface area contributed by atoms with Crippen LogP contribution in [0.1, 0.15) is 37.1 Å². The smallest absolute Gasteiger partial charge is 0.224 e. The highest BCUT2D eigenvalue weighted by molar-refractivity contribution is 5.91. The van der Waals surface area contributed by atoms with E-state index in [0.717, 1.165) is 61.3 Å². The van der Waals surface area contributed by atoms with E-state index in [4.69, 9.17) is 0 Å². The zero-order chi connectivity index (χ0) is 20.2. The van der Waals surface area contributed by atoms with Crippen molar-refractivity contribution in [3.05, 3.63) is 59.7 Å². The van der Waals surface area contributed by atoms with Gasteiger partial charge in [0.2, 0.25) is 5.91 Å². The maximum absolute atomic E-state index is 13.2. The first-order chi connectivity index (χ1) is 14.1. The number of aromatic amines is 1. The van der Waals surface area contributed by atoms with Crippen molar-refractivity contribution in [1.82, 2.24) is 14.9 Å². The number of nitrogens with zero attached hydrogens (tertiary/aromatic N) is 2. The maximum atomic E-state index is 13.2. The van der Waals surface area contributed by atoms with E-state index < -0.39 is 0 Å². The van der Waals surface area contributed by atoms with Crippen LogP contribution in [0.2, 0.25) is 0 Å². The average Bonchev–Trinajstić information content (AvgIpc) is 3.11. The number of likely N-dealkylation sites (tertiary alicyclic amines) is 1. The van der Waals surface area contributed by atoms with Gasteiger partial charge >= 0.3 is 0 Å². The summed E-state index contributed by atoms with van der Waals surface area (Å²) in [7, 11) is 0. The second kappa shape index (κ2) is 8.74. The number of imidazole rings is 1. The Balaban J connectivity index is 1.27. The van der Waals surface area contributed by atoms with E-state index in [2.05, 4.69) is 20.2 Å². The van der Waals surface area contributed by atoms with Gasteiger partial charge in [-0.1, -0.05) is 12.1 Å². The highest BCUT2D eigenvalue weighted by Crippen LogP contribution is 2.23. The largest absolute Gasteiger partial charge is 0.341 e. The Labute approximate surface area is 170 Å². The summed E-state index contributed by atoms with van der Waals surface area (Å²) in [5.41, 5.74) is 3.51. The molecular weight excluding hydrogens is 367 g/mol. The lowest BCUT2D eigenvalue weighted by Gasteiger charge is -2.32. The summed E-state index contributed by atoms with van der Waals surface area (Å²) in [6.45, 7) is 4.66. The molecule has 1 amide bonds. The number of aromatic nitrogens is 2. The summed E-state index contributed by atoms with van der Waals surface area (Å²) >= 11 is 0. The zero-order valence-corrected chi connectivity index (χ0v) is 16.7. The van der Waals surface area contributed by atoms with E-state index in [1.165, 1.54) is 12.1 Å². The summed E-state index contributed by atoms with van der Waals surface area (Å²) in [6.07, 6.45) is 3.64. The third-order valence-electron chi connectivity index (χ3n) is 5.66. The SMILES string of the molecule is Cc1cc(F)ccc1NC(=O)CCC1CCCN(Cc2nc3ccccc3[nH]2)C1. The summed E-state index contributed by atoms with van der Waals surface area (Å²) in [5.74, 6) is 1.21. The highest BCUT2D eigenvalue weighted by atomic mass is 19.1. The van der Waals surface area contributed by atoms with Crippen LogP contribution in [0, 0.1) is 18.7 Å². The van der Waals surface area contributed by atoms with Gasteiger partial charge in [-0.15, -0.1) is 0 Å². The molecule has 152 valence electrons. The van der Waals surface area contributed by atoms with Gasteiger partial charge in [0.15, 0.2) is 0 Å². The molecule has 2 heterocycles. The fourth-order valence-corrected chi connectivity index (χ4v) is 4.14. The fourth-order valence-electron chi connectivity index (χ4n) is 4.14. The maximum Gasteiger partial charge on any atom is 0.224 e. The molecule has 29 heavy (non-hydrogen) atoms. The Morgan fingerprint density at radius 3 is 3.00 bits per heavy atom. The second-order valence-electron chi connectivity index (χ2n) is 7.99. The third kappa shape index (κ3) is 5.01. The number of halogens is 1. The first-order valence-electron chi connectivity index (χ1n) is 10.3. The van der Waals surface area contributed by atoms with Crippen LogP contribution < -0.4 is 5.32 Å². The molecule has 5 nitrogen and oxygen atoms in total. The van der Waals surface area contributed by atoms with Crippen LogP contribution >= 0.6 is 0 Å². The number of carbonyl (C=O) groups is 1. The van der Waals surface area contributed by atoms with Crippen LogP contribution in [0.5, 0.6) is 0 Å². The molecule has 0 radical (unpaired) electrons. The van der Waals surface area contributed by atoms with E-state index in [1.807, 2.05) is 24.3 Å². The number of H-pyrrole nitrogens is 1. The number of nitrogens with one attached hydrogen (secondary N) is 2. The number of benzene rings is 2. The molecule has 2 N–H and O–H groups in total. The molecule has 1 aromatic heterocycles. The fraction of sp³-hybridized carbons (Fsp3) is 0.391. The van der Waals surface area contributed by atoms with Crippen LogP contribution in [0.25, 0.3) is 11.0 Å².